The zero-order chi connectivity index (χ0) is 14.3. The van der Waals surface area contributed by atoms with E-state index in [0.29, 0.717) is 11.0 Å². The Morgan fingerprint density at radius 3 is 2.55 bits per heavy atom. The van der Waals surface area contributed by atoms with Crippen molar-refractivity contribution in [1.82, 2.24) is 15.0 Å². The van der Waals surface area contributed by atoms with Crippen molar-refractivity contribution in [2.75, 3.05) is 5.73 Å². The molecule has 0 saturated carbocycles. The van der Waals surface area contributed by atoms with Crippen LogP contribution in [0.4, 0.5) is 18.9 Å². The van der Waals surface area contributed by atoms with E-state index in [0.717, 1.165) is 6.07 Å². The van der Waals surface area contributed by atoms with Crippen LogP contribution >= 0.6 is 0 Å². The fraction of sp³-hybridized carbons (Fsp3) is 0.0769. The summed E-state index contributed by atoms with van der Waals surface area (Å²) < 4.78 is 39.9. The first-order chi connectivity index (χ1) is 9.47. The standard InChI is InChI=1S/C13H9F3N4/c14-13(15,16)9-7-8(5-6-10(9)17)20-12-4-2-1-3-11(12)18-19-20/h1-7H,17H2. The maximum Gasteiger partial charge on any atom is 0.418 e. The second-order valence-corrected chi connectivity index (χ2v) is 4.26. The zero-order valence-electron chi connectivity index (χ0n) is 10.1. The molecule has 0 atom stereocenters. The molecule has 2 aromatic carbocycles. The van der Waals surface area contributed by atoms with Crippen molar-refractivity contribution >= 4 is 16.7 Å². The van der Waals surface area contributed by atoms with Gasteiger partial charge in [0, 0.05) is 5.69 Å². The van der Waals surface area contributed by atoms with Gasteiger partial charge in [0.2, 0.25) is 0 Å². The topological polar surface area (TPSA) is 56.7 Å². The Hall–Kier alpha value is -2.57. The summed E-state index contributed by atoms with van der Waals surface area (Å²) in [4.78, 5) is 0. The molecule has 0 aliphatic heterocycles. The quantitative estimate of drug-likeness (QED) is 0.696. The number of hydrogen-bond donors (Lipinski definition) is 1. The van der Waals surface area contributed by atoms with E-state index in [-0.39, 0.29) is 11.4 Å². The van der Waals surface area contributed by atoms with Crippen LogP contribution in [0.1, 0.15) is 5.56 Å². The van der Waals surface area contributed by atoms with Crippen LogP contribution in [0.3, 0.4) is 0 Å². The Labute approximate surface area is 111 Å². The first kappa shape index (κ1) is 12.5. The van der Waals surface area contributed by atoms with E-state index in [1.165, 1.54) is 16.8 Å². The molecule has 0 bridgehead atoms. The average molecular weight is 278 g/mol. The van der Waals surface area contributed by atoms with Gasteiger partial charge >= 0.3 is 6.18 Å². The number of nitrogen functional groups attached to an aromatic ring is 1. The molecule has 3 rings (SSSR count). The molecule has 4 nitrogen and oxygen atoms in total. The second kappa shape index (κ2) is 4.22. The van der Waals surface area contributed by atoms with Gasteiger partial charge in [-0.2, -0.15) is 13.2 Å². The molecule has 20 heavy (non-hydrogen) atoms. The predicted octanol–water partition coefficient (Wildman–Crippen LogP) is 3.02. The first-order valence-corrected chi connectivity index (χ1v) is 5.74. The summed E-state index contributed by atoms with van der Waals surface area (Å²) in [5.74, 6) is 0. The summed E-state index contributed by atoms with van der Waals surface area (Å²) in [5.41, 5.74) is 5.69. The number of fused-ring (bicyclic) bond motifs is 1. The van der Waals surface area contributed by atoms with Crippen molar-refractivity contribution in [3.05, 3.63) is 48.0 Å². The maximum atomic E-state index is 12.9. The van der Waals surface area contributed by atoms with E-state index >= 15 is 0 Å². The molecule has 1 heterocycles. The summed E-state index contributed by atoms with van der Waals surface area (Å²) in [6.07, 6.45) is -4.50. The molecule has 2 N–H and O–H groups in total. The predicted molar refractivity (Wildman–Crippen MR) is 68.3 cm³/mol. The lowest BCUT2D eigenvalue weighted by molar-refractivity contribution is -0.136. The Kier molecular flexibility index (Phi) is 2.63. The minimum absolute atomic E-state index is 0.264. The molecule has 7 heteroatoms. The van der Waals surface area contributed by atoms with Crippen LogP contribution in [-0.2, 0) is 6.18 Å². The lowest BCUT2D eigenvalue weighted by atomic mass is 10.1. The highest BCUT2D eigenvalue weighted by Crippen LogP contribution is 2.34. The largest absolute Gasteiger partial charge is 0.418 e. The summed E-state index contributed by atoms with van der Waals surface area (Å²) in [6.45, 7) is 0. The van der Waals surface area contributed by atoms with Crippen molar-refractivity contribution in [2.45, 2.75) is 6.18 Å². The lowest BCUT2D eigenvalue weighted by Crippen LogP contribution is -2.10. The van der Waals surface area contributed by atoms with Gasteiger partial charge in [0.1, 0.15) is 5.52 Å². The van der Waals surface area contributed by atoms with E-state index in [1.807, 2.05) is 0 Å². The monoisotopic (exact) mass is 278 g/mol. The van der Waals surface area contributed by atoms with E-state index in [4.69, 9.17) is 5.73 Å². The van der Waals surface area contributed by atoms with Crippen molar-refractivity contribution in [2.24, 2.45) is 0 Å². The van der Waals surface area contributed by atoms with Crippen LogP contribution < -0.4 is 5.73 Å². The number of halogens is 3. The van der Waals surface area contributed by atoms with E-state index in [9.17, 15) is 13.2 Å². The second-order valence-electron chi connectivity index (χ2n) is 4.26. The highest BCUT2D eigenvalue weighted by Gasteiger charge is 2.33. The number of rotatable bonds is 1. The van der Waals surface area contributed by atoms with Gasteiger partial charge in [-0.25, -0.2) is 4.68 Å². The Balaban J connectivity index is 2.20. The van der Waals surface area contributed by atoms with Gasteiger partial charge in [0.05, 0.1) is 16.8 Å². The number of benzene rings is 2. The van der Waals surface area contributed by atoms with Crippen LogP contribution in [0.25, 0.3) is 16.7 Å². The van der Waals surface area contributed by atoms with Crippen molar-refractivity contribution < 1.29 is 13.2 Å². The Bertz CT molecular complexity index is 777. The molecule has 0 radical (unpaired) electrons. The Morgan fingerprint density at radius 1 is 1.05 bits per heavy atom. The molecule has 0 unspecified atom stereocenters. The van der Waals surface area contributed by atoms with Crippen molar-refractivity contribution in [3.63, 3.8) is 0 Å². The fourth-order valence-electron chi connectivity index (χ4n) is 1.98. The molecule has 0 saturated heterocycles. The zero-order valence-corrected chi connectivity index (χ0v) is 10.1. The summed E-state index contributed by atoms with van der Waals surface area (Å²) >= 11 is 0. The molecular formula is C13H9F3N4. The van der Waals surface area contributed by atoms with E-state index in [1.54, 1.807) is 24.3 Å². The van der Waals surface area contributed by atoms with Crippen molar-refractivity contribution in [3.8, 4) is 5.69 Å². The number of nitrogens with two attached hydrogens (primary N) is 1. The normalized spacial score (nSPS) is 11.9. The van der Waals surface area contributed by atoms with Gasteiger partial charge < -0.3 is 5.73 Å². The number of alkyl halides is 3. The van der Waals surface area contributed by atoms with Crippen LogP contribution in [0.15, 0.2) is 42.5 Å². The van der Waals surface area contributed by atoms with E-state index < -0.39 is 11.7 Å². The third kappa shape index (κ3) is 1.97. The molecule has 0 spiro atoms. The maximum absolute atomic E-state index is 12.9. The number of aromatic nitrogens is 3. The summed E-state index contributed by atoms with van der Waals surface area (Å²) in [7, 11) is 0. The van der Waals surface area contributed by atoms with Crippen molar-refractivity contribution in [1.29, 1.82) is 0 Å². The number of hydrogen-bond acceptors (Lipinski definition) is 3. The van der Waals surface area contributed by atoms with Crippen LogP contribution in [-0.4, -0.2) is 15.0 Å². The third-order valence-electron chi connectivity index (χ3n) is 2.94. The van der Waals surface area contributed by atoms with Gasteiger partial charge in [0.15, 0.2) is 0 Å². The van der Waals surface area contributed by atoms with Gasteiger partial charge in [-0.1, -0.05) is 17.3 Å². The number of anilines is 1. The Morgan fingerprint density at radius 2 is 1.80 bits per heavy atom. The van der Waals surface area contributed by atoms with Crippen LogP contribution in [0.5, 0.6) is 0 Å². The van der Waals surface area contributed by atoms with Crippen LogP contribution in [0, 0.1) is 0 Å². The highest BCUT2D eigenvalue weighted by molar-refractivity contribution is 5.76. The molecule has 0 fully saturated rings. The van der Waals surface area contributed by atoms with Gasteiger partial charge in [-0.3, -0.25) is 0 Å². The SMILES string of the molecule is Nc1ccc(-n2nnc3ccccc32)cc1C(F)(F)F. The molecule has 102 valence electrons. The number of nitrogens with zero attached hydrogens (tertiary/aromatic N) is 3. The smallest absolute Gasteiger partial charge is 0.398 e. The van der Waals surface area contributed by atoms with Gasteiger partial charge in [-0.15, -0.1) is 5.10 Å². The third-order valence-corrected chi connectivity index (χ3v) is 2.94. The average Bonchev–Trinajstić information content (AvgIpc) is 2.82. The molecule has 1 aromatic heterocycles. The fourth-order valence-corrected chi connectivity index (χ4v) is 1.98. The minimum atomic E-state index is -4.50. The lowest BCUT2D eigenvalue weighted by Gasteiger charge is -2.11. The van der Waals surface area contributed by atoms with Gasteiger partial charge in [0.25, 0.3) is 0 Å². The molecular weight excluding hydrogens is 269 g/mol. The minimum Gasteiger partial charge on any atom is -0.398 e. The molecule has 3 aromatic rings. The molecule has 0 aliphatic carbocycles. The van der Waals surface area contributed by atoms with Gasteiger partial charge in [-0.05, 0) is 30.3 Å². The van der Waals surface area contributed by atoms with E-state index in [2.05, 4.69) is 10.3 Å². The summed E-state index contributed by atoms with van der Waals surface area (Å²) in [5, 5.41) is 7.79. The first-order valence-electron chi connectivity index (χ1n) is 5.74. The van der Waals surface area contributed by atoms with Crippen LogP contribution in [0.2, 0.25) is 0 Å². The number of para-hydroxylation sites is 1. The molecule has 0 aliphatic rings. The summed E-state index contributed by atoms with van der Waals surface area (Å²) in [6, 6.07) is 10.7. The highest BCUT2D eigenvalue weighted by atomic mass is 19.4. The molecule has 0 amide bonds.